The van der Waals surface area contributed by atoms with Crippen molar-refractivity contribution >= 4 is 21.6 Å². The Morgan fingerprint density at radius 2 is 1.96 bits per heavy atom. The average Bonchev–Trinajstić information content (AvgIpc) is 3.06. The van der Waals surface area contributed by atoms with E-state index in [0.717, 1.165) is 10.6 Å². The molecule has 134 valence electrons. The summed E-state index contributed by atoms with van der Waals surface area (Å²) < 4.78 is 40.9. The van der Waals surface area contributed by atoms with Crippen LogP contribution in [0.25, 0.3) is 0 Å². The summed E-state index contributed by atoms with van der Waals surface area (Å²) in [6.45, 7) is 0.582. The summed E-state index contributed by atoms with van der Waals surface area (Å²) in [5.41, 5.74) is 0.501. The molecule has 1 aliphatic heterocycles. The topological polar surface area (TPSA) is 98.1 Å². The van der Waals surface area contributed by atoms with E-state index in [0.29, 0.717) is 36.2 Å². The van der Waals surface area contributed by atoms with Crippen molar-refractivity contribution in [2.24, 2.45) is 0 Å². The van der Waals surface area contributed by atoms with Crippen LogP contribution < -0.4 is 14.8 Å². The Morgan fingerprint density at radius 3 is 2.64 bits per heavy atom. The SMILES string of the molecule is CS(=O)(=O)N(CC(=O)Nc1ccc2c(c1)OCCO2)Cc1ccco1. The molecule has 1 aromatic heterocycles. The van der Waals surface area contributed by atoms with E-state index in [1.807, 2.05) is 0 Å². The largest absolute Gasteiger partial charge is 0.486 e. The van der Waals surface area contributed by atoms with E-state index in [1.54, 1.807) is 30.3 Å². The fourth-order valence-corrected chi connectivity index (χ4v) is 3.06. The summed E-state index contributed by atoms with van der Waals surface area (Å²) in [5, 5.41) is 2.66. The number of ether oxygens (including phenoxy) is 2. The summed E-state index contributed by atoms with van der Waals surface area (Å²) in [4.78, 5) is 12.2. The minimum Gasteiger partial charge on any atom is -0.486 e. The van der Waals surface area contributed by atoms with E-state index in [1.165, 1.54) is 6.26 Å². The predicted octanol–water partition coefficient (Wildman–Crippen LogP) is 1.45. The summed E-state index contributed by atoms with van der Waals surface area (Å²) in [6.07, 6.45) is 2.50. The van der Waals surface area contributed by atoms with Gasteiger partial charge in [-0.25, -0.2) is 8.42 Å². The molecule has 1 amide bonds. The van der Waals surface area contributed by atoms with Crippen molar-refractivity contribution in [1.82, 2.24) is 4.31 Å². The second kappa shape index (κ2) is 7.16. The Balaban J connectivity index is 1.67. The van der Waals surface area contributed by atoms with Gasteiger partial charge in [0, 0.05) is 11.8 Å². The molecule has 0 fully saturated rings. The minimum absolute atomic E-state index is 0.0135. The number of nitrogens with zero attached hydrogens (tertiary/aromatic N) is 1. The van der Waals surface area contributed by atoms with Crippen LogP contribution in [0.3, 0.4) is 0 Å². The summed E-state index contributed by atoms with van der Waals surface area (Å²) >= 11 is 0. The number of fused-ring (bicyclic) bond motifs is 1. The van der Waals surface area contributed by atoms with Gasteiger partial charge in [0.25, 0.3) is 0 Å². The maximum absolute atomic E-state index is 12.2. The number of anilines is 1. The van der Waals surface area contributed by atoms with Crippen LogP contribution in [0.4, 0.5) is 5.69 Å². The Bertz CT molecular complexity index is 848. The van der Waals surface area contributed by atoms with Gasteiger partial charge < -0.3 is 19.2 Å². The van der Waals surface area contributed by atoms with Gasteiger partial charge in [0.05, 0.1) is 25.6 Å². The molecule has 9 heteroatoms. The molecule has 2 aromatic rings. The second-order valence-electron chi connectivity index (χ2n) is 5.52. The average molecular weight is 366 g/mol. The number of sulfonamides is 1. The molecule has 1 N–H and O–H groups in total. The van der Waals surface area contributed by atoms with Gasteiger partial charge in [0.2, 0.25) is 15.9 Å². The standard InChI is InChI=1S/C16H18N2O6S/c1-25(20,21)18(10-13-3-2-6-22-13)11-16(19)17-12-4-5-14-15(9-12)24-8-7-23-14/h2-6,9H,7-8,10-11H2,1H3,(H,17,19). The molecule has 0 saturated carbocycles. The van der Waals surface area contributed by atoms with Crippen molar-refractivity contribution in [2.45, 2.75) is 6.54 Å². The van der Waals surface area contributed by atoms with Gasteiger partial charge in [0.1, 0.15) is 19.0 Å². The molecule has 0 unspecified atom stereocenters. The number of benzene rings is 1. The highest BCUT2D eigenvalue weighted by Gasteiger charge is 2.22. The molecule has 0 saturated heterocycles. The zero-order valence-corrected chi connectivity index (χ0v) is 14.4. The third-order valence-electron chi connectivity index (χ3n) is 3.53. The van der Waals surface area contributed by atoms with Crippen molar-refractivity contribution in [3.8, 4) is 11.5 Å². The molecule has 3 rings (SSSR count). The predicted molar refractivity (Wildman–Crippen MR) is 90.0 cm³/mol. The van der Waals surface area contributed by atoms with Gasteiger partial charge in [0.15, 0.2) is 11.5 Å². The number of amides is 1. The van der Waals surface area contributed by atoms with E-state index >= 15 is 0 Å². The number of hydrogen-bond donors (Lipinski definition) is 1. The number of nitrogens with one attached hydrogen (secondary N) is 1. The zero-order chi connectivity index (χ0) is 17.9. The van der Waals surface area contributed by atoms with Gasteiger partial charge in [-0.2, -0.15) is 4.31 Å². The van der Waals surface area contributed by atoms with Crippen LogP contribution in [0.1, 0.15) is 5.76 Å². The highest BCUT2D eigenvalue weighted by Crippen LogP contribution is 2.32. The number of carbonyl (C=O) groups is 1. The molecule has 25 heavy (non-hydrogen) atoms. The van der Waals surface area contributed by atoms with E-state index in [2.05, 4.69) is 5.32 Å². The van der Waals surface area contributed by atoms with Gasteiger partial charge in [-0.15, -0.1) is 0 Å². The summed E-state index contributed by atoms with van der Waals surface area (Å²) in [6, 6.07) is 8.32. The van der Waals surface area contributed by atoms with E-state index in [9.17, 15) is 13.2 Å². The molecule has 8 nitrogen and oxygen atoms in total. The lowest BCUT2D eigenvalue weighted by molar-refractivity contribution is -0.116. The van der Waals surface area contributed by atoms with Gasteiger partial charge in [-0.3, -0.25) is 4.79 Å². The first-order valence-corrected chi connectivity index (χ1v) is 9.43. The minimum atomic E-state index is -3.57. The third-order valence-corrected chi connectivity index (χ3v) is 4.72. The smallest absolute Gasteiger partial charge is 0.239 e. The van der Waals surface area contributed by atoms with Crippen LogP contribution in [0.2, 0.25) is 0 Å². The molecular formula is C16H18N2O6S. The molecule has 0 aliphatic carbocycles. The number of rotatable bonds is 6. The fraction of sp³-hybridized carbons (Fsp3) is 0.312. The number of furan rings is 1. The van der Waals surface area contributed by atoms with Crippen molar-refractivity contribution in [1.29, 1.82) is 0 Å². The first kappa shape index (κ1) is 17.3. The molecule has 0 atom stereocenters. The van der Waals surface area contributed by atoms with Crippen LogP contribution in [-0.4, -0.2) is 44.6 Å². The zero-order valence-electron chi connectivity index (χ0n) is 13.6. The monoisotopic (exact) mass is 366 g/mol. The Kier molecular flexibility index (Phi) is 4.95. The fourth-order valence-electron chi connectivity index (χ4n) is 2.35. The van der Waals surface area contributed by atoms with Gasteiger partial charge in [-0.1, -0.05) is 0 Å². The second-order valence-corrected chi connectivity index (χ2v) is 7.50. The first-order valence-electron chi connectivity index (χ1n) is 7.59. The van der Waals surface area contributed by atoms with Gasteiger partial charge >= 0.3 is 0 Å². The highest BCUT2D eigenvalue weighted by molar-refractivity contribution is 7.88. The lowest BCUT2D eigenvalue weighted by atomic mass is 10.2. The van der Waals surface area contributed by atoms with Crippen molar-refractivity contribution < 1.29 is 27.1 Å². The summed E-state index contributed by atoms with van der Waals surface area (Å²) in [5.74, 6) is 1.14. The Morgan fingerprint density at radius 1 is 1.20 bits per heavy atom. The van der Waals surface area contributed by atoms with Gasteiger partial charge in [-0.05, 0) is 24.3 Å². The highest BCUT2D eigenvalue weighted by atomic mass is 32.2. The van der Waals surface area contributed by atoms with Crippen molar-refractivity contribution in [3.05, 3.63) is 42.4 Å². The molecule has 1 aliphatic rings. The molecule has 0 radical (unpaired) electrons. The van der Waals surface area contributed by atoms with Crippen molar-refractivity contribution in [3.63, 3.8) is 0 Å². The Labute approximate surface area is 145 Å². The van der Waals surface area contributed by atoms with E-state index in [4.69, 9.17) is 13.9 Å². The van der Waals surface area contributed by atoms with Crippen LogP contribution in [-0.2, 0) is 21.4 Å². The number of carbonyl (C=O) groups excluding carboxylic acids is 1. The third kappa shape index (κ3) is 4.52. The van der Waals surface area contributed by atoms with Crippen LogP contribution in [0.15, 0.2) is 41.0 Å². The molecular weight excluding hydrogens is 348 g/mol. The molecule has 2 heterocycles. The maximum atomic E-state index is 12.2. The van der Waals surface area contributed by atoms with Crippen molar-refractivity contribution in [2.75, 3.05) is 31.3 Å². The lowest BCUT2D eigenvalue weighted by Gasteiger charge is -2.20. The molecule has 0 bridgehead atoms. The van der Waals surface area contributed by atoms with E-state index in [-0.39, 0.29) is 13.1 Å². The van der Waals surface area contributed by atoms with Crippen LogP contribution in [0.5, 0.6) is 11.5 Å². The van der Waals surface area contributed by atoms with E-state index < -0.39 is 15.9 Å². The summed E-state index contributed by atoms with van der Waals surface area (Å²) in [7, 11) is -3.57. The Hall–Kier alpha value is -2.52. The first-order chi connectivity index (χ1) is 11.9. The molecule has 0 spiro atoms. The normalized spacial score (nSPS) is 13.7. The number of hydrogen-bond acceptors (Lipinski definition) is 6. The lowest BCUT2D eigenvalue weighted by Crippen LogP contribution is -2.36. The van der Waals surface area contributed by atoms with Crippen LogP contribution in [0, 0.1) is 0 Å². The molecule has 1 aromatic carbocycles. The van der Waals surface area contributed by atoms with Crippen LogP contribution >= 0.6 is 0 Å². The quantitative estimate of drug-likeness (QED) is 0.831. The maximum Gasteiger partial charge on any atom is 0.239 e.